The van der Waals surface area contributed by atoms with Gasteiger partial charge in [-0.05, 0) is 24.3 Å². The van der Waals surface area contributed by atoms with Crippen LogP contribution in [0.2, 0.25) is 0 Å². The van der Waals surface area contributed by atoms with E-state index in [9.17, 15) is 0 Å². The second-order valence-electron chi connectivity index (χ2n) is 5.59. The molecule has 21 heavy (non-hydrogen) atoms. The largest absolute Gasteiger partial charge is 0.497 e. The highest BCUT2D eigenvalue weighted by Crippen LogP contribution is 2.30. The molecule has 2 aromatic rings. The molecule has 2 rings (SSSR count). The Kier molecular flexibility index (Phi) is 4.69. The Morgan fingerprint density at radius 2 is 1.81 bits per heavy atom. The van der Waals surface area contributed by atoms with Gasteiger partial charge in [0.1, 0.15) is 22.4 Å². The van der Waals surface area contributed by atoms with E-state index in [0.717, 1.165) is 21.5 Å². The maximum atomic E-state index is 5.50. The molecule has 0 saturated carbocycles. The molecule has 3 N–H and O–H groups in total. The molecule has 1 aromatic carbocycles. The van der Waals surface area contributed by atoms with Crippen LogP contribution in [0, 0.1) is 0 Å². The van der Waals surface area contributed by atoms with Gasteiger partial charge in [0.25, 0.3) is 0 Å². The molecular weight excluding hydrogens is 284 g/mol. The Morgan fingerprint density at radius 3 is 2.33 bits per heavy atom. The van der Waals surface area contributed by atoms with Crippen LogP contribution in [0.3, 0.4) is 0 Å². The van der Waals surface area contributed by atoms with Crippen LogP contribution in [0.25, 0.3) is 0 Å². The van der Waals surface area contributed by atoms with Crippen LogP contribution in [0.1, 0.15) is 26.6 Å². The van der Waals surface area contributed by atoms with Crippen molar-refractivity contribution >= 4 is 17.6 Å². The minimum absolute atomic E-state index is 0.137. The molecular formula is C15H20N4OS. The van der Waals surface area contributed by atoms with Gasteiger partial charge in [-0.3, -0.25) is 0 Å². The number of nitrogens with one attached hydrogen (secondary N) is 1. The molecule has 112 valence electrons. The number of hydrogen-bond acceptors (Lipinski definition) is 6. The third-order valence-electron chi connectivity index (χ3n) is 2.80. The lowest BCUT2D eigenvalue weighted by atomic mass is 9.96. The SMILES string of the molecule is COc1ccc(Sc2cc(NN)nc(C(C)(C)C)n2)cc1. The molecule has 0 fully saturated rings. The number of aromatic nitrogens is 2. The van der Waals surface area contributed by atoms with E-state index in [1.54, 1.807) is 18.9 Å². The van der Waals surface area contributed by atoms with Crippen LogP contribution in [0.15, 0.2) is 40.3 Å². The Bertz CT molecular complexity index is 608. The first kappa shape index (κ1) is 15.6. The lowest BCUT2D eigenvalue weighted by Crippen LogP contribution is -2.19. The summed E-state index contributed by atoms with van der Waals surface area (Å²) in [6.07, 6.45) is 0. The summed E-state index contributed by atoms with van der Waals surface area (Å²) >= 11 is 1.56. The smallest absolute Gasteiger partial charge is 0.144 e. The molecule has 0 spiro atoms. The van der Waals surface area contributed by atoms with E-state index < -0.39 is 0 Å². The maximum absolute atomic E-state index is 5.50. The second-order valence-corrected chi connectivity index (χ2v) is 6.68. The van der Waals surface area contributed by atoms with Gasteiger partial charge in [0.15, 0.2) is 0 Å². The summed E-state index contributed by atoms with van der Waals surface area (Å²) in [6, 6.07) is 9.69. The molecule has 1 aromatic heterocycles. The lowest BCUT2D eigenvalue weighted by Gasteiger charge is -2.18. The number of nitrogens with two attached hydrogens (primary N) is 1. The van der Waals surface area contributed by atoms with Crippen molar-refractivity contribution < 1.29 is 4.74 Å². The van der Waals surface area contributed by atoms with Gasteiger partial charge in [-0.25, -0.2) is 15.8 Å². The highest BCUT2D eigenvalue weighted by Gasteiger charge is 2.19. The number of hydrogen-bond donors (Lipinski definition) is 2. The van der Waals surface area contributed by atoms with E-state index in [1.165, 1.54) is 0 Å². The van der Waals surface area contributed by atoms with Gasteiger partial charge < -0.3 is 10.2 Å². The van der Waals surface area contributed by atoms with Crippen LogP contribution in [0.5, 0.6) is 5.75 Å². The van der Waals surface area contributed by atoms with E-state index in [1.807, 2.05) is 30.3 Å². The number of nitrogen functional groups attached to an aromatic ring is 1. The van der Waals surface area contributed by atoms with Gasteiger partial charge in [-0.1, -0.05) is 32.5 Å². The average Bonchev–Trinajstić information content (AvgIpc) is 2.46. The first-order valence-corrected chi connectivity index (χ1v) is 7.42. The van der Waals surface area contributed by atoms with Gasteiger partial charge in [-0.15, -0.1) is 0 Å². The Morgan fingerprint density at radius 1 is 1.14 bits per heavy atom. The number of anilines is 1. The van der Waals surface area contributed by atoms with Gasteiger partial charge in [0.2, 0.25) is 0 Å². The van der Waals surface area contributed by atoms with Crippen molar-refractivity contribution in [2.45, 2.75) is 36.1 Å². The fourth-order valence-corrected chi connectivity index (χ4v) is 2.47. The van der Waals surface area contributed by atoms with E-state index in [2.05, 4.69) is 36.2 Å². The molecule has 0 bridgehead atoms. The van der Waals surface area contributed by atoms with Crippen molar-refractivity contribution in [3.63, 3.8) is 0 Å². The summed E-state index contributed by atoms with van der Waals surface area (Å²) in [7, 11) is 1.65. The highest BCUT2D eigenvalue weighted by molar-refractivity contribution is 7.99. The minimum Gasteiger partial charge on any atom is -0.497 e. The third kappa shape index (κ3) is 4.09. The zero-order valence-electron chi connectivity index (χ0n) is 12.7. The van der Waals surface area contributed by atoms with Crippen molar-refractivity contribution in [3.05, 3.63) is 36.2 Å². The maximum Gasteiger partial charge on any atom is 0.144 e. The molecule has 0 aliphatic heterocycles. The number of nitrogens with zero attached hydrogens (tertiary/aromatic N) is 2. The molecule has 1 heterocycles. The Balaban J connectivity index is 2.29. The van der Waals surface area contributed by atoms with Crippen molar-refractivity contribution in [2.24, 2.45) is 5.84 Å². The van der Waals surface area contributed by atoms with Crippen molar-refractivity contribution in [2.75, 3.05) is 12.5 Å². The predicted molar refractivity (Wildman–Crippen MR) is 85.7 cm³/mol. The number of hydrazine groups is 1. The van der Waals surface area contributed by atoms with Crippen LogP contribution in [-0.2, 0) is 5.41 Å². The van der Waals surface area contributed by atoms with Crippen LogP contribution >= 0.6 is 11.8 Å². The number of rotatable bonds is 4. The summed E-state index contributed by atoms with van der Waals surface area (Å²) in [5.74, 6) is 7.71. The Labute approximate surface area is 129 Å². The van der Waals surface area contributed by atoms with Crippen LogP contribution in [0.4, 0.5) is 5.82 Å². The number of ether oxygens (including phenoxy) is 1. The van der Waals surface area contributed by atoms with E-state index in [4.69, 9.17) is 10.6 Å². The van der Waals surface area contributed by atoms with Crippen LogP contribution < -0.4 is 16.0 Å². The minimum atomic E-state index is -0.137. The normalized spacial score (nSPS) is 11.3. The summed E-state index contributed by atoms with van der Waals surface area (Å²) in [4.78, 5) is 10.1. The topological polar surface area (TPSA) is 73.1 Å². The summed E-state index contributed by atoms with van der Waals surface area (Å²) in [6.45, 7) is 6.22. The monoisotopic (exact) mass is 304 g/mol. The quantitative estimate of drug-likeness (QED) is 0.513. The molecule has 0 unspecified atom stereocenters. The molecule has 0 amide bonds. The summed E-state index contributed by atoms with van der Waals surface area (Å²) < 4.78 is 5.16. The molecule has 0 radical (unpaired) electrons. The van der Waals surface area contributed by atoms with Gasteiger partial charge in [0.05, 0.1) is 7.11 Å². The van der Waals surface area contributed by atoms with Crippen molar-refractivity contribution in [1.82, 2.24) is 9.97 Å². The first-order chi connectivity index (χ1) is 9.92. The predicted octanol–water partition coefficient (Wildman–Crippen LogP) is 3.22. The van der Waals surface area contributed by atoms with Gasteiger partial charge in [0, 0.05) is 16.4 Å². The first-order valence-electron chi connectivity index (χ1n) is 6.60. The Hall–Kier alpha value is -1.79. The fraction of sp³-hybridized carbons (Fsp3) is 0.333. The van der Waals surface area contributed by atoms with Crippen molar-refractivity contribution in [1.29, 1.82) is 0 Å². The third-order valence-corrected chi connectivity index (χ3v) is 3.73. The summed E-state index contributed by atoms with van der Waals surface area (Å²) in [5.41, 5.74) is 2.46. The standard InChI is InChI=1S/C15H20N4OS/c1-15(2,3)14-17-12(19-16)9-13(18-14)21-11-7-5-10(20-4)6-8-11/h5-9H,16H2,1-4H3,(H,17,18,19). The lowest BCUT2D eigenvalue weighted by molar-refractivity contribution is 0.414. The molecule has 0 aliphatic carbocycles. The van der Waals surface area contributed by atoms with Gasteiger partial charge in [-0.2, -0.15) is 0 Å². The molecule has 0 saturated heterocycles. The second kappa shape index (κ2) is 6.32. The molecule has 0 aliphatic rings. The van der Waals surface area contributed by atoms with E-state index in [-0.39, 0.29) is 5.41 Å². The van der Waals surface area contributed by atoms with E-state index in [0.29, 0.717) is 5.82 Å². The molecule has 5 nitrogen and oxygen atoms in total. The highest BCUT2D eigenvalue weighted by atomic mass is 32.2. The van der Waals surface area contributed by atoms with Crippen molar-refractivity contribution in [3.8, 4) is 5.75 Å². The zero-order chi connectivity index (χ0) is 15.5. The zero-order valence-corrected chi connectivity index (χ0v) is 13.5. The molecule has 6 heteroatoms. The number of methoxy groups -OCH3 is 1. The fourth-order valence-electron chi connectivity index (χ4n) is 1.65. The van der Waals surface area contributed by atoms with E-state index >= 15 is 0 Å². The van der Waals surface area contributed by atoms with Gasteiger partial charge >= 0.3 is 0 Å². The molecule has 0 atom stereocenters. The summed E-state index contributed by atoms with van der Waals surface area (Å²) in [5, 5.41) is 0.855. The average molecular weight is 304 g/mol. The number of benzene rings is 1. The van der Waals surface area contributed by atoms with Crippen LogP contribution in [-0.4, -0.2) is 17.1 Å².